The molecule has 0 bridgehead atoms. The summed E-state index contributed by atoms with van der Waals surface area (Å²) in [6.07, 6.45) is 4.20. The molecule has 0 spiro atoms. The van der Waals surface area contributed by atoms with E-state index in [1.54, 1.807) is 14.0 Å². The van der Waals surface area contributed by atoms with Crippen molar-refractivity contribution >= 4 is 11.9 Å². The lowest BCUT2D eigenvalue weighted by molar-refractivity contribution is -0.133. The number of carbonyl (C=O) groups is 2. The number of methoxy groups -OCH3 is 1. The maximum atomic E-state index is 13.1. The Bertz CT molecular complexity index is 534. The number of carbonyl (C=O) groups excluding carboxylic acids is 2. The second-order valence-electron chi connectivity index (χ2n) is 9.59. The van der Waals surface area contributed by atoms with E-state index in [0.29, 0.717) is 31.6 Å². The van der Waals surface area contributed by atoms with Gasteiger partial charge < -0.3 is 19.4 Å². The molecule has 1 saturated carbocycles. The Morgan fingerprint density at radius 3 is 2.08 bits per heavy atom. The van der Waals surface area contributed by atoms with Gasteiger partial charge in [-0.3, -0.25) is 4.79 Å². The minimum absolute atomic E-state index is 0.0273. The zero-order valence-electron chi connectivity index (χ0n) is 17.7. The minimum atomic E-state index is -0.371. The predicted octanol–water partition coefficient (Wildman–Crippen LogP) is 2.97. The SMILES string of the molecule is COC1(CN(C)C(=O)N2CCN(C(C)=O)CC2(C)C)CCC(C)(C)CC1. The van der Waals surface area contributed by atoms with E-state index in [1.807, 2.05) is 35.6 Å². The van der Waals surface area contributed by atoms with Gasteiger partial charge in [0.25, 0.3) is 0 Å². The Labute approximate surface area is 158 Å². The summed E-state index contributed by atoms with van der Waals surface area (Å²) in [6, 6.07) is 0.0273. The standard InChI is InChI=1S/C20H37N3O3/c1-16(24)22-12-13-23(19(4,5)14-22)17(25)21(6)15-20(26-7)10-8-18(2,3)9-11-20/h8-15H2,1-7H3. The Kier molecular flexibility index (Phi) is 5.96. The molecule has 0 atom stereocenters. The molecule has 0 unspecified atom stereocenters. The number of hydrogen-bond donors (Lipinski definition) is 0. The maximum absolute atomic E-state index is 13.1. The smallest absolute Gasteiger partial charge is 0.320 e. The molecule has 6 nitrogen and oxygen atoms in total. The van der Waals surface area contributed by atoms with Gasteiger partial charge in [-0.15, -0.1) is 0 Å². The van der Waals surface area contributed by atoms with Crippen LogP contribution in [-0.4, -0.2) is 78.1 Å². The number of rotatable bonds is 3. The van der Waals surface area contributed by atoms with Crippen molar-refractivity contribution in [2.45, 2.75) is 71.4 Å². The number of hydrogen-bond acceptors (Lipinski definition) is 3. The molecule has 0 aromatic heterocycles. The van der Waals surface area contributed by atoms with Crippen molar-refractivity contribution in [2.75, 3.05) is 40.3 Å². The first-order valence-electron chi connectivity index (χ1n) is 9.75. The molecule has 2 rings (SSSR count). The van der Waals surface area contributed by atoms with Crippen LogP contribution in [0.2, 0.25) is 0 Å². The van der Waals surface area contributed by atoms with Crippen LogP contribution in [0.1, 0.15) is 60.3 Å². The first-order valence-corrected chi connectivity index (χ1v) is 9.75. The Hall–Kier alpha value is -1.30. The van der Waals surface area contributed by atoms with Crippen molar-refractivity contribution in [2.24, 2.45) is 5.41 Å². The summed E-state index contributed by atoms with van der Waals surface area (Å²) in [5, 5.41) is 0. The number of likely N-dealkylation sites (N-methyl/N-ethyl adjacent to an activating group) is 1. The predicted molar refractivity (Wildman–Crippen MR) is 103 cm³/mol. The minimum Gasteiger partial charge on any atom is -0.376 e. The molecule has 3 amide bonds. The monoisotopic (exact) mass is 367 g/mol. The van der Waals surface area contributed by atoms with Crippen molar-refractivity contribution in [1.29, 1.82) is 0 Å². The summed E-state index contributed by atoms with van der Waals surface area (Å²) < 4.78 is 5.92. The summed E-state index contributed by atoms with van der Waals surface area (Å²) in [4.78, 5) is 30.4. The van der Waals surface area contributed by atoms with Gasteiger partial charge in [0.05, 0.1) is 17.7 Å². The zero-order chi connectivity index (χ0) is 19.8. The van der Waals surface area contributed by atoms with E-state index in [-0.39, 0.29) is 23.1 Å². The molecule has 1 saturated heterocycles. The van der Waals surface area contributed by atoms with Crippen molar-refractivity contribution in [3.8, 4) is 0 Å². The van der Waals surface area contributed by atoms with Crippen LogP contribution in [0.5, 0.6) is 0 Å². The molecule has 1 heterocycles. The highest BCUT2D eigenvalue weighted by molar-refractivity contribution is 5.77. The van der Waals surface area contributed by atoms with Gasteiger partial charge in [-0.25, -0.2) is 4.79 Å². The van der Waals surface area contributed by atoms with Crippen LogP contribution < -0.4 is 0 Å². The van der Waals surface area contributed by atoms with Crippen molar-refractivity contribution in [3.63, 3.8) is 0 Å². The summed E-state index contributed by atoms with van der Waals surface area (Å²) in [6.45, 7) is 12.6. The van der Waals surface area contributed by atoms with E-state index in [1.165, 1.54) is 0 Å². The number of ether oxygens (including phenoxy) is 1. The van der Waals surface area contributed by atoms with Crippen molar-refractivity contribution < 1.29 is 14.3 Å². The van der Waals surface area contributed by atoms with Gasteiger partial charge >= 0.3 is 6.03 Å². The number of piperazine rings is 1. The molecule has 150 valence electrons. The first-order chi connectivity index (χ1) is 11.9. The molecule has 26 heavy (non-hydrogen) atoms. The maximum Gasteiger partial charge on any atom is 0.320 e. The lowest BCUT2D eigenvalue weighted by Gasteiger charge is -2.49. The average Bonchev–Trinajstić information content (AvgIpc) is 2.55. The largest absolute Gasteiger partial charge is 0.376 e. The lowest BCUT2D eigenvalue weighted by Crippen LogP contribution is -2.64. The number of nitrogens with zero attached hydrogens (tertiary/aromatic N) is 3. The van der Waals surface area contributed by atoms with Crippen LogP contribution in [0.3, 0.4) is 0 Å². The third kappa shape index (κ3) is 4.51. The lowest BCUT2D eigenvalue weighted by atomic mass is 9.70. The zero-order valence-corrected chi connectivity index (χ0v) is 17.7. The molecular formula is C20H37N3O3. The van der Waals surface area contributed by atoms with Gasteiger partial charge in [-0.05, 0) is 44.9 Å². The van der Waals surface area contributed by atoms with Gasteiger partial charge in [0.15, 0.2) is 0 Å². The fraction of sp³-hybridized carbons (Fsp3) is 0.900. The van der Waals surface area contributed by atoms with Gasteiger partial charge in [0.1, 0.15) is 0 Å². The Morgan fingerprint density at radius 1 is 1.04 bits per heavy atom. The van der Waals surface area contributed by atoms with Crippen LogP contribution in [-0.2, 0) is 9.53 Å². The highest BCUT2D eigenvalue weighted by Crippen LogP contribution is 2.42. The fourth-order valence-corrected chi connectivity index (χ4v) is 4.29. The highest BCUT2D eigenvalue weighted by atomic mass is 16.5. The third-order valence-electron chi connectivity index (χ3n) is 6.38. The molecule has 2 fully saturated rings. The van der Waals surface area contributed by atoms with E-state index < -0.39 is 0 Å². The van der Waals surface area contributed by atoms with Crippen LogP contribution in [0.4, 0.5) is 4.79 Å². The number of amides is 3. The second kappa shape index (κ2) is 7.37. The van der Waals surface area contributed by atoms with Gasteiger partial charge in [0, 0.05) is 40.7 Å². The number of urea groups is 1. The van der Waals surface area contributed by atoms with Crippen LogP contribution in [0.15, 0.2) is 0 Å². The summed E-state index contributed by atoms with van der Waals surface area (Å²) in [7, 11) is 3.64. The highest BCUT2D eigenvalue weighted by Gasteiger charge is 2.43. The molecule has 0 aromatic rings. The van der Waals surface area contributed by atoms with Crippen LogP contribution >= 0.6 is 0 Å². The molecule has 6 heteroatoms. The molecule has 0 radical (unpaired) electrons. The van der Waals surface area contributed by atoms with E-state index in [9.17, 15) is 9.59 Å². The molecule has 0 aromatic carbocycles. The van der Waals surface area contributed by atoms with Crippen LogP contribution in [0, 0.1) is 5.41 Å². The van der Waals surface area contributed by atoms with Gasteiger partial charge in [0.2, 0.25) is 5.91 Å². The normalized spacial score (nSPS) is 24.3. The first kappa shape index (κ1) is 21.0. The Morgan fingerprint density at radius 2 is 1.62 bits per heavy atom. The van der Waals surface area contributed by atoms with E-state index in [0.717, 1.165) is 25.7 Å². The summed E-state index contributed by atoms with van der Waals surface area (Å²) in [5.74, 6) is 0.0710. The van der Waals surface area contributed by atoms with Crippen molar-refractivity contribution in [3.05, 3.63) is 0 Å². The Balaban J connectivity index is 2.03. The third-order valence-corrected chi connectivity index (χ3v) is 6.38. The fourth-order valence-electron chi connectivity index (χ4n) is 4.29. The van der Waals surface area contributed by atoms with Gasteiger partial charge in [-0.2, -0.15) is 0 Å². The molecule has 0 N–H and O–H groups in total. The van der Waals surface area contributed by atoms with Gasteiger partial charge in [-0.1, -0.05) is 13.8 Å². The molecule has 1 aliphatic carbocycles. The summed E-state index contributed by atoms with van der Waals surface area (Å²) in [5.41, 5.74) is -0.259. The molecule has 2 aliphatic rings. The average molecular weight is 368 g/mol. The second-order valence-corrected chi connectivity index (χ2v) is 9.59. The quantitative estimate of drug-likeness (QED) is 0.771. The van der Waals surface area contributed by atoms with Crippen molar-refractivity contribution in [1.82, 2.24) is 14.7 Å². The molecular weight excluding hydrogens is 330 g/mol. The van der Waals surface area contributed by atoms with E-state index in [4.69, 9.17) is 4.74 Å². The van der Waals surface area contributed by atoms with E-state index in [2.05, 4.69) is 13.8 Å². The van der Waals surface area contributed by atoms with E-state index >= 15 is 0 Å². The summed E-state index contributed by atoms with van der Waals surface area (Å²) >= 11 is 0. The molecule has 1 aliphatic heterocycles. The topological polar surface area (TPSA) is 53.1 Å². The van der Waals surface area contributed by atoms with Crippen LogP contribution in [0.25, 0.3) is 0 Å².